The lowest BCUT2D eigenvalue weighted by molar-refractivity contribution is 0.0225. The van der Waals surface area contributed by atoms with Crippen molar-refractivity contribution < 1.29 is 24.5 Å². The van der Waals surface area contributed by atoms with E-state index in [1.165, 1.54) is 6.07 Å². The lowest BCUT2D eigenvalue weighted by atomic mass is 9.77. The van der Waals surface area contributed by atoms with E-state index in [1.54, 1.807) is 30.3 Å². The monoisotopic (exact) mass is 396 g/mol. The number of fused-ring (bicyclic) bond motifs is 8. The maximum atomic E-state index is 12.8. The van der Waals surface area contributed by atoms with Crippen LogP contribution in [0.3, 0.4) is 0 Å². The Balaban J connectivity index is 1.77. The van der Waals surface area contributed by atoms with Crippen molar-refractivity contribution >= 4 is 16.7 Å². The molecular formula is C25H16O5. The van der Waals surface area contributed by atoms with Gasteiger partial charge in [0.15, 0.2) is 5.60 Å². The van der Waals surface area contributed by atoms with E-state index < -0.39 is 11.6 Å². The molecular weight excluding hydrogens is 380 g/mol. The number of ether oxygens (including phenoxy) is 2. The number of carbonyl (C=O) groups is 1. The smallest absolute Gasteiger partial charge is 0.340 e. The number of phenols is 2. The Kier molecular flexibility index (Phi) is 3.12. The second-order valence-electron chi connectivity index (χ2n) is 7.65. The summed E-state index contributed by atoms with van der Waals surface area (Å²) in [7, 11) is 0. The number of aryl methyl sites for hydroxylation is 1. The van der Waals surface area contributed by atoms with Crippen molar-refractivity contribution in [3.63, 3.8) is 0 Å². The van der Waals surface area contributed by atoms with Gasteiger partial charge in [-0.25, -0.2) is 4.79 Å². The quantitative estimate of drug-likeness (QED) is 0.403. The second-order valence-corrected chi connectivity index (χ2v) is 7.65. The fraction of sp³-hybridized carbons (Fsp3) is 0.0800. The van der Waals surface area contributed by atoms with Crippen molar-refractivity contribution in [2.24, 2.45) is 0 Å². The molecule has 30 heavy (non-hydrogen) atoms. The summed E-state index contributed by atoms with van der Waals surface area (Å²) in [4.78, 5) is 12.8. The molecule has 2 aliphatic heterocycles. The predicted molar refractivity (Wildman–Crippen MR) is 110 cm³/mol. The van der Waals surface area contributed by atoms with Crippen LogP contribution in [-0.4, -0.2) is 16.2 Å². The summed E-state index contributed by atoms with van der Waals surface area (Å²) in [6, 6.07) is 19.4. The van der Waals surface area contributed by atoms with Crippen molar-refractivity contribution in [2.45, 2.75) is 12.5 Å². The summed E-state index contributed by atoms with van der Waals surface area (Å²) in [5.74, 6) is 0.811. The van der Waals surface area contributed by atoms with Crippen LogP contribution in [0.15, 0.2) is 66.7 Å². The van der Waals surface area contributed by atoms with E-state index in [1.807, 2.05) is 37.3 Å². The first-order chi connectivity index (χ1) is 14.5. The van der Waals surface area contributed by atoms with E-state index in [0.29, 0.717) is 28.2 Å². The summed E-state index contributed by atoms with van der Waals surface area (Å²) >= 11 is 0. The molecule has 1 unspecified atom stereocenters. The SMILES string of the molecule is Cc1c(O)ccc2c3c(ccc12)C1(OC(=O)c2ccccc21)c1ccc(O)cc1O3. The molecule has 2 aliphatic rings. The Morgan fingerprint density at radius 1 is 0.833 bits per heavy atom. The molecule has 5 nitrogen and oxygen atoms in total. The average Bonchev–Trinajstić information content (AvgIpc) is 3.04. The van der Waals surface area contributed by atoms with Gasteiger partial charge in [-0.1, -0.05) is 24.3 Å². The van der Waals surface area contributed by atoms with E-state index in [-0.39, 0.29) is 11.5 Å². The van der Waals surface area contributed by atoms with Crippen LogP contribution in [0.5, 0.6) is 23.0 Å². The number of phenolic OH excluding ortho intramolecular Hbond substituents is 2. The average molecular weight is 396 g/mol. The normalized spacial score (nSPS) is 18.5. The van der Waals surface area contributed by atoms with Gasteiger partial charge in [0.2, 0.25) is 0 Å². The van der Waals surface area contributed by atoms with Crippen LogP contribution in [0.4, 0.5) is 0 Å². The Labute approximate surface area is 171 Å². The van der Waals surface area contributed by atoms with Crippen LogP contribution in [-0.2, 0) is 10.3 Å². The topological polar surface area (TPSA) is 76.0 Å². The summed E-state index contributed by atoms with van der Waals surface area (Å²) in [5, 5.41) is 21.9. The van der Waals surface area contributed by atoms with E-state index in [2.05, 4.69) is 0 Å². The molecule has 0 bridgehead atoms. The maximum Gasteiger partial charge on any atom is 0.340 e. The van der Waals surface area contributed by atoms with E-state index >= 15 is 0 Å². The molecule has 0 saturated carbocycles. The summed E-state index contributed by atoms with van der Waals surface area (Å²) in [6.07, 6.45) is 0. The molecule has 0 aromatic heterocycles. The van der Waals surface area contributed by atoms with E-state index in [0.717, 1.165) is 21.9 Å². The first-order valence-corrected chi connectivity index (χ1v) is 9.60. The third-order valence-corrected chi connectivity index (χ3v) is 6.10. The molecule has 1 atom stereocenters. The van der Waals surface area contributed by atoms with Gasteiger partial charge >= 0.3 is 5.97 Å². The van der Waals surface area contributed by atoms with Gasteiger partial charge in [-0.15, -0.1) is 0 Å². The lowest BCUT2D eigenvalue weighted by Gasteiger charge is -2.37. The molecule has 6 rings (SSSR count). The molecule has 2 heterocycles. The molecule has 0 fully saturated rings. The van der Waals surface area contributed by atoms with Crippen LogP contribution >= 0.6 is 0 Å². The highest BCUT2D eigenvalue weighted by Crippen LogP contribution is 2.58. The fourth-order valence-corrected chi connectivity index (χ4v) is 4.66. The maximum absolute atomic E-state index is 12.8. The molecule has 4 aromatic carbocycles. The summed E-state index contributed by atoms with van der Waals surface area (Å²) in [5.41, 5.74) is 2.16. The van der Waals surface area contributed by atoms with E-state index in [4.69, 9.17) is 9.47 Å². The number of hydrogen-bond donors (Lipinski definition) is 2. The Bertz CT molecular complexity index is 1400. The number of benzene rings is 4. The van der Waals surface area contributed by atoms with Gasteiger partial charge in [0.1, 0.15) is 23.0 Å². The molecule has 0 radical (unpaired) electrons. The standard InChI is InChI=1S/C25H16O5/c1-13-15-7-10-20-23(16(15)8-11-21(13)27)29-22-12-14(26)6-9-19(22)25(20)18-5-3-2-4-17(18)24(28)30-25/h2-12,26-27H,1H3. The highest BCUT2D eigenvalue weighted by Gasteiger charge is 2.53. The Morgan fingerprint density at radius 3 is 2.47 bits per heavy atom. The van der Waals surface area contributed by atoms with Crippen LogP contribution < -0.4 is 4.74 Å². The zero-order valence-corrected chi connectivity index (χ0v) is 16.0. The minimum Gasteiger partial charge on any atom is -0.508 e. The largest absolute Gasteiger partial charge is 0.508 e. The van der Waals surface area contributed by atoms with Crippen molar-refractivity contribution in [1.82, 2.24) is 0 Å². The molecule has 146 valence electrons. The van der Waals surface area contributed by atoms with Crippen molar-refractivity contribution in [2.75, 3.05) is 0 Å². The Hall–Kier alpha value is -3.99. The minimum atomic E-state index is -1.18. The van der Waals surface area contributed by atoms with Gasteiger partial charge in [0.05, 0.1) is 5.56 Å². The summed E-state index contributed by atoms with van der Waals surface area (Å²) in [6.45, 7) is 1.84. The molecule has 1 spiro atoms. The molecule has 0 aliphatic carbocycles. The van der Waals surface area contributed by atoms with Gasteiger partial charge < -0.3 is 19.7 Å². The van der Waals surface area contributed by atoms with Crippen LogP contribution in [0, 0.1) is 6.92 Å². The first-order valence-electron chi connectivity index (χ1n) is 9.60. The zero-order chi connectivity index (χ0) is 20.6. The van der Waals surface area contributed by atoms with Gasteiger partial charge in [-0.3, -0.25) is 0 Å². The van der Waals surface area contributed by atoms with Gasteiger partial charge in [0, 0.05) is 28.1 Å². The highest BCUT2D eigenvalue weighted by atomic mass is 16.6. The number of hydrogen-bond acceptors (Lipinski definition) is 5. The number of carbonyl (C=O) groups excluding carboxylic acids is 1. The van der Waals surface area contributed by atoms with Gasteiger partial charge in [-0.05, 0) is 54.3 Å². The van der Waals surface area contributed by atoms with Crippen molar-refractivity contribution in [3.8, 4) is 23.0 Å². The zero-order valence-electron chi connectivity index (χ0n) is 16.0. The lowest BCUT2D eigenvalue weighted by Crippen LogP contribution is -2.33. The van der Waals surface area contributed by atoms with Crippen LogP contribution in [0.25, 0.3) is 10.8 Å². The molecule has 2 N–H and O–H groups in total. The van der Waals surface area contributed by atoms with E-state index in [9.17, 15) is 15.0 Å². The second kappa shape index (κ2) is 5.54. The molecule has 4 aromatic rings. The summed E-state index contributed by atoms with van der Waals surface area (Å²) < 4.78 is 12.4. The number of rotatable bonds is 0. The fourth-order valence-electron chi connectivity index (χ4n) is 4.66. The first kappa shape index (κ1) is 16.9. The minimum absolute atomic E-state index is 0.0546. The van der Waals surface area contributed by atoms with Crippen molar-refractivity contribution in [3.05, 3.63) is 94.5 Å². The van der Waals surface area contributed by atoms with Crippen LogP contribution in [0.2, 0.25) is 0 Å². The van der Waals surface area contributed by atoms with Crippen molar-refractivity contribution in [1.29, 1.82) is 0 Å². The van der Waals surface area contributed by atoms with Crippen LogP contribution in [0.1, 0.15) is 32.6 Å². The Morgan fingerprint density at radius 2 is 1.60 bits per heavy atom. The van der Waals surface area contributed by atoms with Gasteiger partial charge in [0.25, 0.3) is 0 Å². The third kappa shape index (κ3) is 1.94. The number of aromatic hydroxyl groups is 2. The predicted octanol–water partition coefficient (Wildman–Crippen LogP) is 5.13. The number of esters is 1. The molecule has 5 heteroatoms. The van der Waals surface area contributed by atoms with Gasteiger partial charge in [-0.2, -0.15) is 0 Å². The molecule has 0 amide bonds. The molecule has 0 saturated heterocycles. The highest BCUT2D eigenvalue weighted by molar-refractivity contribution is 5.99. The third-order valence-electron chi connectivity index (χ3n) is 6.10.